The maximum absolute atomic E-state index is 13.7. The molecule has 38 heavy (non-hydrogen) atoms. The number of ether oxygens (including phenoxy) is 2. The molecule has 0 spiro atoms. The van der Waals surface area contributed by atoms with Crippen molar-refractivity contribution < 1.29 is 38.1 Å². The molecule has 1 aliphatic heterocycles. The third kappa shape index (κ3) is 5.83. The van der Waals surface area contributed by atoms with Crippen molar-refractivity contribution in [3.63, 3.8) is 0 Å². The SMILES string of the molecule is CC(C)OC(=O)[C@H](C)N[P@](=O)(OC[C@H]1O[C@@H](n2ccc3c(N)ncnc32)[C@](C)(O)[C@@H]1O)Oc1ccccc1. The molecular formula is C24H32N5O8P. The van der Waals surface area contributed by atoms with Crippen molar-refractivity contribution in [3.8, 4) is 5.75 Å². The van der Waals surface area contributed by atoms with E-state index in [4.69, 9.17) is 24.3 Å². The van der Waals surface area contributed by atoms with Crippen LogP contribution in [0.3, 0.4) is 0 Å². The lowest BCUT2D eigenvalue weighted by Gasteiger charge is -2.27. The molecule has 206 valence electrons. The van der Waals surface area contributed by atoms with Crippen LogP contribution < -0.4 is 15.3 Å². The summed E-state index contributed by atoms with van der Waals surface area (Å²) in [6.45, 7) is 5.79. The Morgan fingerprint density at radius 3 is 2.66 bits per heavy atom. The van der Waals surface area contributed by atoms with Crippen LogP contribution in [0.2, 0.25) is 0 Å². The molecule has 3 aromatic rings. The molecule has 5 N–H and O–H groups in total. The molecule has 1 fully saturated rings. The molecule has 4 rings (SSSR count). The smallest absolute Gasteiger partial charge is 0.459 e. The van der Waals surface area contributed by atoms with E-state index in [1.54, 1.807) is 56.4 Å². The van der Waals surface area contributed by atoms with Gasteiger partial charge in [-0.25, -0.2) is 14.5 Å². The van der Waals surface area contributed by atoms with Crippen LogP contribution in [0.4, 0.5) is 5.82 Å². The zero-order valence-electron chi connectivity index (χ0n) is 21.4. The minimum absolute atomic E-state index is 0.224. The second-order valence-electron chi connectivity index (χ2n) is 9.45. The van der Waals surface area contributed by atoms with Gasteiger partial charge in [0.1, 0.15) is 47.4 Å². The number of para-hydroxylation sites is 1. The van der Waals surface area contributed by atoms with E-state index in [2.05, 4.69) is 15.1 Å². The van der Waals surface area contributed by atoms with Crippen molar-refractivity contribution in [3.05, 3.63) is 48.9 Å². The van der Waals surface area contributed by atoms with Gasteiger partial charge in [0.05, 0.1) is 18.1 Å². The monoisotopic (exact) mass is 549 g/mol. The molecule has 2 aromatic heterocycles. The van der Waals surface area contributed by atoms with E-state index in [9.17, 15) is 19.6 Å². The highest BCUT2D eigenvalue weighted by Gasteiger charge is 2.54. The number of aromatic nitrogens is 3. The van der Waals surface area contributed by atoms with Crippen LogP contribution in [0.15, 0.2) is 48.9 Å². The minimum Gasteiger partial charge on any atom is -0.462 e. The Kier molecular flexibility index (Phi) is 8.07. The molecule has 13 nitrogen and oxygen atoms in total. The molecule has 0 radical (unpaired) electrons. The fourth-order valence-corrected chi connectivity index (χ4v) is 5.57. The highest BCUT2D eigenvalue weighted by Crippen LogP contribution is 2.47. The van der Waals surface area contributed by atoms with Crippen LogP contribution in [0, 0.1) is 0 Å². The first kappa shape index (κ1) is 28.0. The molecule has 1 aliphatic rings. The Morgan fingerprint density at radius 2 is 1.97 bits per heavy atom. The lowest BCUT2D eigenvalue weighted by molar-refractivity contribution is -0.149. The van der Waals surface area contributed by atoms with Gasteiger partial charge < -0.3 is 34.5 Å². The van der Waals surface area contributed by atoms with Crippen LogP contribution >= 0.6 is 7.75 Å². The van der Waals surface area contributed by atoms with Crippen molar-refractivity contribution in [1.82, 2.24) is 19.6 Å². The van der Waals surface area contributed by atoms with Gasteiger partial charge in [-0.1, -0.05) is 18.2 Å². The van der Waals surface area contributed by atoms with Gasteiger partial charge >= 0.3 is 13.7 Å². The number of anilines is 1. The molecule has 6 atom stereocenters. The number of rotatable bonds is 10. The fourth-order valence-electron chi connectivity index (χ4n) is 4.06. The van der Waals surface area contributed by atoms with Crippen LogP contribution in [0.25, 0.3) is 11.0 Å². The lowest BCUT2D eigenvalue weighted by Crippen LogP contribution is -2.44. The van der Waals surface area contributed by atoms with Crippen LogP contribution in [-0.4, -0.2) is 67.3 Å². The zero-order valence-corrected chi connectivity index (χ0v) is 22.3. The molecule has 3 heterocycles. The third-order valence-electron chi connectivity index (χ3n) is 5.98. The predicted molar refractivity (Wildman–Crippen MR) is 137 cm³/mol. The molecule has 0 aliphatic carbocycles. The molecule has 14 heteroatoms. The van der Waals surface area contributed by atoms with E-state index in [1.807, 2.05) is 0 Å². The van der Waals surface area contributed by atoms with Gasteiger partial charge in [0.15, 0.2) is 6.23 Å². The van der Waals surface area contributed by atoms with Gasteiger partial charge in [-0.15, -0.1) is 0 Å². The number of nitrogens with zero attached hydrogens (tertiary/aromatic N) is 3. The Hall–Kier alpha value is -3.06. The van der Waals surface area contributed by atoms with Crippen molar-refractivity contribution in [1.29, 1.82) is 0 Å². The van der Waals surface area contributed by atoms with E-state index in [-0.39, 0.29) is 17.7 Å². The van der Waals surface area contributed by atoms with Crippen LogP contribution in [0.5, 0.6) is 5.75 Å². The number of esters is 1. The first-order valence-electron chi connectivity index (χ1n) is 12.0. The van der Waals surface area contributed by atoms with Gasteiger partial charge in [0.25, 0.3) is 0 Å². The summed E-state index contributed by atoms with van der Waals surface area (Å²) in [4.78, 5) is 20.5. The number of carbonyl (C=O) groups excluding carboxylic acids is 1. The van der Waals surface area contributed by atoms with Gasteiger partial charge in [-0.05, 0) is 45.9 Å². The summed E-state index contributed by atoms with van der Waals surface area (Å²) in [5.41, 5.74) is 4.53. The predicted octanol–water partition coefficient (Wildman–Crippen LogP) is 2.16. The molecule has 0 saturated carbocycles. The molecule has 0 amide bonds. The highest BCUT2D eigenvalue weighted by atomic mass is 31.2. The molecular weight excluding hydrogens is 517 g/mol. The third-order valence-corrected chi connectivity index (χ3v) is 7.63. The van der Waals surface area contributed by atoms with Crippen molar-refractivity contribution in [2.24, 2.45) is 0 Å². The van der Waals surface area contributed by atoms with Gasteiger partial charge in [-0.2, -0.15) is 5.09 Å². The van der Waals surface area contributed by atoms with E-state index >= 15 is 0 Å². The van der Waals surface area contributed by atoms with E-state index in [0.29, 0.717) is 11.0 Å². The first-order valence-corrected chi connectivity index (χ1v) is 13.6. The van der Waals surface area contributed by atoms with E-state index < -0.39 is 50.4 Å². The second kappa shape index (κ2) is 11.0. The van der Waals surface area contributed by atoms with Crippen LogP contribution in [-0.2, 0) is 23.4 Å². The number of nitrogens with two attached hydrogens (primary N) is 1. The number of aliphatic hydroxyl groups is 2. The largest absolute Gasteiger partial charge is 0.462 e. The van der Waals surface area contributed by atoms with Gasteiger partial charge in [-0.3, -0.25) is 9.32 Å². The summed E-state index contributed by atoms with van der Waals surface area (Å²) < 4.78 is 37.7. The van der Waals surface area contributed by atoms with Crippen molar-refractivity contribution in [2.75, 3.05) is 12.3 Å². The minimum atomic E-state index is -4.21. The summed E-state index contributed by atoms with van der Waals surface area (Å²) in [7, 11) is -4.21. The van der Waals surface area contributed by atoms with Gasteiger partial charge in [0.2, 0.25) is 0 Å². The number of fused-ring (bicyclic) bond motifs is 1. The molecule has 1 saturated heterocycles. The number of hydrogen-bond donors (Lipinski definition) is 4. The summed E-state index contributed by atoms with van der Waals surface area (Å²) in [5, 5.41) is 25.2. The highest BCUT2D eigenvalue weighted by molar-refractivity contribution is 7.52. The fraction of sp³-hybridized carbons (Fsp3) is 0.458. The normalized spacial score (nSPS) is 25.8. The lowest BCUT2D eigenvalue weighted by atomic mass is 9.96. The topological polar surface area (TPSA) is 180 Å². The number of aliphatic hydroxyl groups excluding tert-OH is 1. The number of nitrogen functional groups attached to an aromatic ring is 1. The average molecular weight is 550 g/mol. The second-order valence-corrected chi connectivity index (χ2v) is 11.1. The number of hydrogen-bond acceptors (Lipinski definition) is 11. The standard InChI is InChI=1S/C24H32N5O8P/c1-14(2)35-22(31)15(3)28-38(33,37-16-8-6-5-7-9-16)34-12-18-19(30)24(4,32)23(36-18)29-11-10-17-20(25)26-13-27-21(17)29/h5-11,13-15,18-19,23,30,32H,12H2,1-4H3,(H,28,33)(H2,25,26,27)/t15-,18+,19+,23+,24+,38-/m0/s1. The van der Waals surface area contributed by atoms with Crippen LogP contribution in [0.1, 0.15) is 33.9 Å². The Labute approximate surface area is 219 Å². The molecule has 1 aromatic carbocycles. The summed E-state index contributed by atoms with van der Waals surface area (Å²) >= 11 is 0. The summed E-state index contributed by atoms with van der Waals surface area (Å²) in [6.07, 6.45) is -1.15. The maximum Gasteiger partial charge on any atom is 0.459 e. The van der Waals surface area contributed by atoms with Gasteiger partial charge in [0, 0.05) is 6.20 Å². The maximum atomic E-state index is 13.7. The first-order chi connectivity index (χ1) is 17.9. The Bertz CT molecular complexity index is 1320. The summed E-state index contributed by atoms with van der Waals surface area (Å²) in [5.74, 6) is -0.176. The van der Waals surface area contributed by atoms with E-state index in [0.717, 1.165) is 0 Å². The number of carbonyl (C=O) groups is 1. The van der Waals surface area contributed by atoms with Crippen molar-refractivity contribution >= 4 is 30.6 Å². The number of benzene rings is 1. The quantitative estimate of drug-likeness (QED) is 0.214. The Morgan fingerprint density at radius 1 is 1.26 bits per heavy atom. The average Bonchev–Trinajstić information content (AvgIpc) is 3.37. The Balaban J connectivity index is 1.54. The van der Waals surface area contributed by atoms with E-state index in [1.165, 1.54) is 24.7 Å². The summed E-state index contributed by atoms with van der Waals surface area (Å²) in [6, 6.07) is 8.88. The zero-order chi connectivity index (χ0) is 27.7. The molecule has 0 unspecified atom stereocenters. The molecule has 0 bridgehead atoms. The van der Waals surface area contributed by atoms with Crippen molar-refractivity contribution in [2.45, 2.75) is 63.9 Å². The number of nitrogens with one attached hydrogen (secondary N) is 1.